The highest BCUT2D eigenvalue weighted by Crippen LogP contribution is 2.28. The van der Waals surface area contributed by atoms with Gasteiger partial charge in [0, 0.05) is 5.02 Å². The van der Waals surface area contributed by atoms with E-state index in [0.29, 0.717) is 22.2 Å². The van der Waals surface area contributed by atoms with Crippen LogP contribution in [0.5, 0.6) is 11.5 Å². The molecule has 7 heteroatoms. The highest BCUT2D eigenvalue weighted by molar-refractivity contribution is 7.92. The molecule has 0 saturated carbocycles. The summed E-state index contributed by atoms with van der Waals surface area (Å²) in [5.41, 5.74) is 1.50. The van der Waals surface area contributed by atoms with Gasteiger partial charge in [0.05, 0.1) is 12.8 Å². The Morgan fingerprint density at radius 3 is 2.46 bits per heavy atom. The van der Waals surface area contributed by atoms with Crippen LogP contribution >= 0.6 is 11.6 Å². The van der Waals surface area contributed by atoms with Gasteiger partial charge in [0.2, 0.25) is 10.0 Å². The molecule has 0 aromatic heterocycles. The summed E-state index contributed by atoms with van der Waals surface area (Å²) in [7, 11) is -2.12. The fourth-order valence-corrected chi connectivity index (χ4v) is 3.14. The van der Waals surface area contributed by atoms with E-state index < -0.39 is 10.0 Å². The summed E-state index contributed by atoms with van der Waals surface area (Å²) < 4.78 is 37.4. The van der Waals surface area contributed by atoms with Crippen LogP contribution in [0.4, 0.5) is 5.69 Å². The largest absolute Gasteiger partial charge is 0.495 e. The van der Waals surface area contributed by atoms with Gasteiger partial charge in [-0.2, -0.15) is 0 Å². The Hall–Kier alpha value is -1.92. The molecule has 0 unspecified atom stereocenters. The van der Waals surface area contributed by atoms with Crippen LogP contribution in [0, 0.1) is 0 Å². The molecule has 0 fully saturated rings. The van der Waals surface area contributed by atoms with Crippen LogP contribution < -0.4 is 14.2 Å². The van der Waals surface area contributed by atoms with Crippen LogP contribution in [0.25, 0.3) is 0 Å². The summed E-state index contributed by atoms with van der Waals surface area (Å²) in [5, 5.41) is 0.417. The van der Waals surface area contributed by atoms with Crippen molar-refractivity contribution >= 4 is 27.3 Å². The van der Waals surface area contributed by atoms with Crippen molar-refractivity contribution < 1.29 is 17.9 Å². The number of nitrogens with one attached hydrogen (secondary N) is 1. The van der Waals surface area contributed by atoms with Crippen LogP contribution in [-0.2, 0) is 16.4 Å². The van der Waals surface area contributed by atoms with Gasteiger partial charge in [0.1, 0.15) is 23.9 Å². The van der Waals surface area contributed by atoms with E-state index in [4.69, 9.17) is 21.1 Å². The zero-order valence-electron chi connectivity index (χ0n) is 13.6. The Bertz CT molecular complexity index is 776. The number of hydrogen-bond acceptors (Lipinski definition) is 4. The molecule has 0 aliphatic rings. The molecule has 2 aromatic rings. The van der Waals surface area contributed by atoms with E-state index in [2.05, 4.69) is 11.6 Å². The minimum absolute atomic E-state index is 0.0453. The Balaban J connectivity index is 1.95. The molecule has 2 aromatic carbocycles. The Morgan fingerprint density at radius 1 is 1.12 bits per heavy atom. The van der Waals surface area contributed by atoms with Crippen molar-refractivity contribution in [3.63, 3.8) is 0 Å². The standard InChI is InChI=1S/C17H20ClNO4S/c1-3-13-4-7-15(8-5-13)23-10-11-24(20,21)19-16-12-14(18)6-9-17(16)22-2/h4-9,12,19H,3,10-11H2,1-2H3. The van der Waals surface area contributed by atoms with E-state index >= 15 is 0 Å². The van der Waals surface area contributed by atoms with Crippen molar-refractivity contribution in [3.8, 4) is 11.5 Å². The number of halogens is 1. The number of sulfonamides is 1. The number of methoxy groups -OCH3 is 1. The van der Waals surface area contributed by atoms with Gasteiger partial charge in [-0.3, -0.25) is 4.72 Å². The quantitative estimate of drug-likeness (QED) is 0.770. The molecule has 0 spiro atoms. The van der Waals surface area contributed by atoms with Gasteiger partial charge in [-0.1, -0.05) is 30.7 Å². The molecular formula is C17H20ClNO4S. The molecule has 2 rings (SSSR count). The maximum atomic E-state index is 12.2. The first-order valence-corrected chi connectivity index (χ1v) is 9.52. The highest BCUT2D eigenvalue weighted by atomic mass is 35.5. The van der Waals surface area contributed by atoms with Gasteiger partial charge in [0.25, 0.3) is 0 Å². The normalized spacial score (nSPS) is 11.1. The molecule has 0 heterocycles. The minimum atomic E-state index is -3.58. The van der Waals surface area contributed by atoms with Gasteiger partial charge in [-0.25, -0.2) is 8.42 Å². The Labute approximate surface area is 147 Å². The first kappa shape index (κ1) is 18.4. The molecule has 0 radical (unpaired) electrons. The molecule has 0 amide bonds. The Kier molecular flexibility index (Phi) is 6.34. The summed E-state index contributed by atoms with van der Waals surface area (Å²) in [6.07, 6.45) is 0.944. The zero-order chi connectivity index (χ0) is 17.6. The topological polar surface area (TPSA) is 64.6 Å². The van der Waals surface area contributed by atoms with Crippen molar-refractivity contribution in [2.75, 3.05) is 24.2 Å². The number of ether oxygens (including phenoxy) is 2. The third-order valence-corrected chi connectivity index (χ3v) is 4.85. The summed E-state index contributed by atoms with van der Waals surface area (Å²) in [6.45, 7) is 2.11. The second-order valence-corrected chi connectivity index (χ2v) is 7.39. The van der Waals surface area contributed by atoms with Crippen LogP contribution in [0.1, 0.15) is 12.5 Å². The first-order chi connectivity index (χ1) is 11.4. The number of aryl methyl sites for hydroxylation is 1. The van der Waals surface area contributed by atoms with Crippen LogP contribution in [0.3, 0.4) is 0 Å². The van der Waals surface area contributed by atoms with E-state index in [0.717, 1.165) is 6.42 Å². The first-order valence-electron chi connectivity index (χ1n) is 7.49. The summed E-state index contributed by atoms with van der Waals surface area (Å²) in [5.74, 6) is 0.861. The van der Waals surface area contributed by atoms with Gasteiger partial charge in [-0.05, 0) is 42.3 Å². The molecule has 0 aliphatic heterocycles. The number of benzene rings is 2. The van der Waals surface area contributed by atoms with Crippen LogP contribution in [0.15, 0.2) is 42.5 Å². The lowest BCUT2D eigenvalue weighted by Crippen LogP contribution is -2.21. The molecule has 1 N–H and O–H groups in total. The molecule has 24 heavy (non-hydrogen) atoms. The average Bonchev–Trinajstić information content (AvgIpc) is 2.55. The fourth-order valence-electron chi connectivity index (χ4n) is 2.07. The zero-order valence-corrected chi connectivity index (χ0v) is 15.2. The smallest absolute Gasteiger partial charge is 0.236 e. The third-order valence-electron chi connectivity index (χ3n) is 3.38. The van der Waals surface area contributed by atoms with E-state index in [-0.39, 0.29) is 12.4 Å². The number of hydrogen-bond donors (Lipinski definition) is 1. The third kappa shape index (κ3) is 5.32. The van der Waals surface area contributed by atoms with Crippen molar-refractivity contribution in [3.05, 3.63) is 53.1 Å². The van der Waals surface area contributed by atoms with E-state index in [1.807, 2.05) is 24.3 Å². The van der Waals surface area contributed by atoms with Gasteiger partial charge >= 0.3 is 0 Å². The molecule has 0 saturated heterocycles. The molecule has 130 valence electrons. The maximum absolute atomic E-state index is 12.2. The van der Waals surface area contributed by atoms with E-state index in [1.54, 1.807) is 12.1 Å². The minimum Gasteiger partial charge on any atom is -0.495 e. The number of rotatable bonds is 8. The van der Waals surface area contributed by atoms with E-state index in [9.17, 15) is 8.42 Å². The van der Waals surface area contributed by atoms with Crippen molar-refractivity contribution in [1.82, 2.24) is 0 Å². The van der Waals surface area contributed by atoms with Crippen molar-refractivity contribution in [2.45, 2.75) is 13.3 Å². The predicted molar refractivity (Wildman–Crippen MR) is 96.7 cm³/mol. The monoisotopic (exact) mass is 369 g/mol. The van der Waals surface area contributed by atoms with Crippen molar-refractivity contribution in [1.29, 1.82) is 0 Å². The number of anilines is 1. The fraction of sp³-hybridized carbons (Fsp3) is 0.294. The molecule has 0 atom stereocenters. The maximum Gasteiger partial charge on any atom is 0.236 e. The lowest BCUT2D eigenvalue weighted by atomic mass is 10.2. The van der Waals surface area contributed by atoms with Gasteiger partial charge < -0.3 is 9.47 Å². The van der Waals surface area contributed by atoms with Crippen molar-refractivity contribution in [2.24, 2.45) is 0 Å². The van der Waals surface area contributed by atoms with Gasteiger partial charge in [-0.15, -0.1) is 0 Å². The lowest BCUT2D eigenvalue weighted by Gasteiger charge is -2.12. The molecule has 0 aliphatic carbocycles. The second-order valence-electron chi connectivity index (χ2n) is 5.11. The lowest BCUT2D eigenvalue weighted by molar-refractivity contribution is 0.341. The van der Waals surface area contributed by atoms with E-state index in [1.165, 1.54) is 18.7 Å². The van der Waals surface area contributed by atoms with Gasteiger partial charge in [0.15, 0.2) is 0 Å². The van der Waals surface area contributed by atoms with Crippen LogP contribution in [-0.4, -0.2) is 27.9 Å². The molecular weight excluding hydrogens is 350 g/mol. The second kappa shape index (κ2) is 8.26. The average molecular weight is 370 g/mol. The highest BCUT2D eigenvalue weighted by Gasteiger charge is 2.14. The summed E-state index contributed by atoms with van der Waals surface area (Å²) >= 11 is 5.90. The molecule has 5 nitrogen and oxygen atoms in total. The summed E-state index contributed by atoms with van der Waals surface area (Å²) in [6, 6.07) is 12.3. The predicted octanol–water partition coefficient (Wildman–Crippen LogP) is 3.73. The SMILES string of the molecule is CCc1ccc(OCCS(=O)(=O)Nc2cc(Cl)ccc2OC)cc1. The summed E-state index contributed by atoms with van der Waals surface area (Å²) in [4.78, 5) is 0. The Morgan fingerprint density at radius 2 is 1.83 bits per heavy atom. The van der Waals surface area contributed by atoms with Crippen LogP contribution in [0.2, 0.25) is 5.02 Å². The molecule has 0 bridgehead atoms.